The Morgan fingerprint density at radius 3 is 2.25 bits per heavy atom. The fraction of sp³-hybridized carbons (Fsp3) is 0.261. The van der Waals surface area contributed by atoms with Gasteiger partial charge in [-0.25, -0.2) is 4.79 Å². The number of ether oxygens (including phenoxy) is 1. The number of anilines is 1. The number of carbonyl (C=O) groups excluding carboxylic acids is 2. The number of Topliss-reactive ketones (excluding diaryl/α,β-unsaturated/α-hetero) is 1. The van der Waals surface area contributed by atoms with Crippen LogP contribution < -0.4 is 4.90 Å². The normalized spacial score (nSPS) is 12.1. The summed E-state index contributed by atoms with van der Waals surface area (Å²) in [5, 5.41) is 9.32. The maximum Gasteiger partial charge on any atom is 0.349 e. The van der Waals surface area contributed by atoms with Gasteiger partial charge < -0.3 is 9.64 Å². The number of nitrogens with zero attached hydrogens (tertiary/aromatic N) is 2. The van der Waals surface area contributed by atoms with E-state index in [1.54, 1.807) is 12.1 Å². The van der Waals surface area contributed by atoms with Crippen LogP contribution in [0.2, 0.25) is 0 Å². The van der Waals surface area contributed by atoms with Crippen molar-refractivity contribution in [1.82, 2.24) is 0 Å². The first-order valence-electron chi connectivity index (χ1n) is 8.94. The fourth-order valence-corrected chi connectivity index (χ4v) is 2.58. The average molecular weight is 376 g/mol. The lowest BCUT2D eigenvalue weighted by molar-refractivity contribution is -0.141. The van der Waals surface area contributed by atoms with E-state index in [1.807, 2.05) is 69.2 Å². The number of carbonyl (C=O) groups is 2. The molecule has 144 valence electrons. The summed E-state index contributed by atoms with van der Waals surface area (Å²) < 4.78 is 5.24. The van der Waals surface area contributed by atoms with Gasteiger partial charge in [-0.2, -0.15) is 5.26 Å². The molecule has 2 aromatic carbocycles. The maximum atomic E-state index is 12.5. The van der Waals surface area contributed by atoms with E-state index in [1.165, 1.54) is 13.0 Å². The van der Waals surface area contributed by atoms with Crippen LogP contribution in [0.4, 0.5) is 5.69 Å². The molecule has 0 amide bonds. The molecular formula is C23H24N2O3. The number of nitriles is 1. The van der Waals surface area contributed by atoms with Gasteiger partial charge >= 0.3 is 5.97 Å². The number of hydrogen-bond donors (Lipinski definition) is 0. The summed E-state index contributed by atoms with van der Waals surface area (Å²) in [5.41, 5.74) is 4.10. The van der Waals surface area contributed by atoms with Crippen molar-refractivity contribution in [1.29, 1.82) is 5.26 Å². The molecule has 0 N–H and O–H groups in total. The zero-order valence-corrected chi connectivity index (χ0v) is 16.8. The van der Waals surface area contributed by atoms with Crippen LogP contribution >= 0.6 is 0 Å². The first-order valence-corrected chi connectivity index (χ1v) is 8.94. The van der Waals surface area contributed by atoms with Crippen LogP contribution in [0.5, 0.6) is 0 Å². The Hall–Kier alpha value is -3.39. The van der Waals surface area contributed by atoms with Gasteiger partial charge in [0.05, 0.1) is 0 Å². The highest BCUT2D eigenvalue weighted by Crippen LogP contribution is 2.17. The first-order chi connectivity index (χ1) is 13.2. The summed E-state index contributed by atoms with van der Waals surface area (Å²) >= 11 is 0. The van der Waals surface area contributed by atoms with E-state index in [9.17, 15) is 14.9 Å². The molecule has 5 nitrogen and oxygen atoms in total. The Bertz CT molecular complexity index is 951. The smallest absolute Gasteiger partial charge is 0.349 e. The largest absolute Gasteiger partial charge is 0.450 e. The summed E-state index contributed by atoms with van der Waals surface area (Å²) in [5.74, 6) is -1.12. The first kappa shape index (κ1) is 20.9. The topological polar surface area (TPSA) is 70.4 Å². The number of esters is 1. The van der Waals surface area contributed by atoms with Crippen molar-refractivity contribution in [3.05, 3.63) is 70.3 Å². The van der Waals surface area contributed by atoms with Crippen LogP contribution in [0, 0.1) is 25.2 Å². The monoisotopic (exact) mass is 376 g/mol. The SMILES string of the molecule is Cc1ccc(C(=O)[C@H](C)OC(=O)/C(C#N)=C/c2ccc(N(C)C)cc2)cc1C. The van der Waals surface area contributed by atoms with Crippen molar-refractivity contribution >= 4 is 23.5 Å². The molecule has 0 saturated heterocycles. The third-order valence-corrected chi connectivity index (χ3v) is 4.51. The molecule has 0 spiro atoms. The molecule has 28 heavy (non-hydrogen) atoms. The minimum atomic E-state index is -0.984. The van der Waals surface area contributed by atoms with Crippen molar-refractivity contribution < 1.29 is 14.3 Å². The summed E-state index contributed by atoms with van der Waals surface area (Å²) in [6, 6.07) is 14.6. The zero-order chi connectivity index (χ0) is 20.8. The molecule has 0 heterocycles. The standard InChI is InChI=1S/C23H24N2O3/c1-15-6-9-19(12-16(15)2)22(26)17(3)28-23(27)20(14-24)13-18-7-10-21(11-8-18)25(4)5/h6-13,17H,1-5H3/b20-13+/t17-/m0/s1. The lowest BCUT2D eigenvalue weighted by Gasteiger charge is -2.13. The molecular weight excluding hydrogens is 352 g/mol. The van der Waals surface area contributed by atoms with Crippen LogP contribution in [-0.2, 0) is 9.53 Å². The van der Waals surface area contributed by atoms with Crippen LogP contribution in [-0.4, -0.2) is 32.0 Å². The highest BCUT2D eigenvalue weighted by atomic mass is 16.5. The van der Waals surface area contributed by atoms with Crippen molar-refractivity contribution in [3.8, 4) is 6.07 Å². The Labute approximate surface area is 165 Å². The van der Waals surface area contributed by atoms with Gasteiger partial charge in [-0.05, 0) is 61.7 Å². The molecule has 0 radical (unpaired) electrons. The highest BCUT2D eigenvalue weighted by Gasteiger charge is 2.22. The molecule has 1 atom stereocenters. The Balaban J connectivity index is 2.13. The molecule has 5 heteroatoms. The van der Waals surface area contributed by atoms with Gasteiger partial charge in [0.25, 0.3) is 0 Å². The van der Waals surface area contributed by atoms with Gasteiger partial charge in [-0.3, -0.25) is 4.79 Å². The van der Waals surface area contributed by atoms with E-state index in [-0.39, 0.29) is 11.4 Å². The van der Waals surface area contributed by atoms with E-state index in [2.05, 4.69) is 0 Å². The Morgan fingerprint density at radius 1 is 1.07 bits per heavy atom. The fourth-order valence-electron chi connectivity index (χ4n) is 2.58. The second kappa shape index (κ2) is 9.01. The second-order valence-corrected chi connectivity index (χ2v) is 6.87. The molecule has 0 saturated carbocycles. The molecule has 0 unspecified atom stereocenters. The Morgan fingerprint density at radius 2 is 1.71 bits per heavy atom. The van der Waals surface area contributed by atoms with Gasteiger partial charge in [0, 0.05) is 25.3 Å². The minimum absolute atomic E-state index is 0.155. The van der Waals surface area contributed by atoms with Crippen LogP contribution in [0.25, 0.3) is 6.08 Å². The van der Waals surface area contributed by atoms with E-state index in [0.717, 1.165) is 16.8 Å². The maximum absolute atomic E-state index is 12.5. The van der Waals surface area contributed by atoms with Crippen LogP contribution in [0.3, 0.4) is 0 Å². The molecule has 0 fully saturated rings. The van der Waals surface area contributed by atoms with Gasteiger partial charge in [-0.15, -0.1) is 0 Å². The quantitative estimate of drug-likeness (QED) is 0.329. The number of ketones is 1. The lowest BCUT2D eigenvalue weighted by Crippen LogP contribution is -2.25. The van der Waals surface area contributed by atoms with Crippen molar-refractivity contribution in [3.63, 3.8) is 0 Å². The van der Waals surface area contributed by atoms with E-state index < -0.39 is 12.1 Å². The van der Waals surface area contributed by atoms with Crippen LogP contribution in [0.15, 0.2) is 48.0 Å². The van der Waals surface area contributed by atoms with Crippen LogP contribution in [0.1, 0.15) is 34.0 Å². The summed E-state index contributed by atoms with van der Waals surface area (Å²) in [4.78, 5) is 26.8. The molecule has 0 aromatic heterocycles. The molecule has 0 bridgehead atoms. The number of hydrogen-bond acceptors (Lipinski definition) is 5. The summed E-state index contributed by atoms with van der Waals surface area (Å²) in [6.45, 7) is 5.39. The van der Waals surface area contributed by atoms with Crippen molar-refractivity contribution in [2.45, 2.75) is 26.9 Å². The van der Waals surface area contributed by atoms with Gasteiger partial charge in [0.1, 0.15) is 11.6 Å². The predicted octanol–water partition coefficient (Wildman–Crippen LogP) is 4.09. The van der Waals surface area contributed by atoms with E-state index in [4.69, 9.17) is 4.74 Å². The number of benzene rings is 2. The van der Waals surface area contributed by atoms with E-state index >= 15 is 0 Å². The van der Waals surface area contributed by atoms with Gasteiger partial charge in [-0.1, -0.05) is 24.3 Å². The molecule has 0 aliphatic carbocycles. The van der Waals surface area contributed by atoms with Crippen molar-refractivity contribution in [2.75, 3.05) is 19.0 Å². The number of rotatable bonds is 6. The zero-order valence-electron chi connectivity index (χ0n) is 16.8. The second-order valence-electron chi connectivity index (χ2n) is 6.87. The summed E-state index contributed by atoms with van der Waals surface area (Å²) in [7, 11) is 3.85. The Kier molecular flexibility index (Phi) is 6.73. The third kappa shape index (κ3) is 5.08. The lowest BCUT2D eigenvalue weighted by atomic mass is 10.0. The van der Waals surface area contributed by atoms with Gasteiger partial charge in [0.15, 0.2) is 6.10 Å². The molecule has 0 aliphatic rings. The van der Waals surface area contributed by atoms with Gasteiger partial charge in [0.2, 0.25) is 5.78 Å². The molecule has 2 aromatic rings. The molecule has 0 aliphatic heterocycles. The molecule has 2 rings (SSSR count). The van der Waals surface area contributed by atoms with E-state index in [0.29, 0.717) is 11.1 Å². The number of aryl methyl sites for hydroxylation is 2. The highest BCUT2D eigenvalue weighted by molar-refractivity contribution is 6.03. The summed E-state index contributed by atoms with van der Waals surface area (Å²) in [6.07, 6.45) is 0.470. The van der Waals surface area contributed by atoms with Crippen molar-refractivity contribution in [2.24, 2.45) is 0 Å². The predicted molar refractivity (Wildman–Crippen MR) is 110 cm³/mol. The third-order valence-electron chi connectivity index (χ3n) is 4.51. The average Bonchev–Trinajstić information content (AvgIpc) is 2.67. The minimum Gasteiger partial charge on any atom is -0.450 e.